The Morgan fingerprint density at radius 1 is 1.04 bits per heavy atom. The number of hydrogen-bond acceptors (Lipinski definition) is 5. The molecule has 0 unspecified atom stereocenters. The average molecular weight is 365 g/mol. The highest BCUT2D eigenvalue weighted by atomic mass is 32.1. The van der Waals surface area contributed by atoms with Crippen LogP contribution < -0.4 is 4.74 Å². The van der Waals surface area contributed by atoms with Crippen LogP contribution in [0.4, 0.5) is 8.78 Å². The first-order valence-corrected chi connectivity index (χ1v) is 8.41. The SMILES string of the molecule is N#Cc1ccc(Oc2nc(-c3cccc(F)c3)nc3ccsc23)c(F)c1. The van der Waals surface area contributed by atoms with Gasteiger partial charge in [0, 0.05) is 5.56 Å². The Labute approximate surface area is 151 Å². The highest BCUT2D eigenvalue weighted by molar-refractivity contribution is 7.17. The van der Waals surface area contributed by atoms with Gasteiger partial charge in [-0.25, -0.2) is 13.8 Å². The molecule has 0 saturated heterocycles. The molecule has 4 rings (SSSR count). The summed E-state index contributed by atoms with van der Waals surface area (Å²) in [4.78, 5) is 8.76. The van der Waals surface area contributed by atoms with E-state index in [2.05, 4.69) is 9.97 Å². The molecule has 2 aromatic carbocycles. The first-order valence-electron chi connectivity index (χ1n) is 7.53. The van der Waals surface area contributed by atoms with Gasteiger partial charge in [0.25, 0.3) is 0 Å². The van der Waals surface area contributed by atoms with Crippen LogP contribution in [-0.4, -0.2) is 9.97 Å². The van der Waals surface area contributed by atoms with Crippen LogP contribution in [0, 0.1) is 23.0 Å². The fraction of sp³-hybridized carbons (Fsp3) is 0. The third-order valence-corrected chi connectivity index (χ3v) is 4.51. The summed E-state index contributed by atoms with van der Waals surface area (Å²) >= 11 is 1.35. The van der Waals surface area contributed by atoms with Gasteiger partial charge < -0.3 is 4.74 Å². The maximum atomic E-state index is 14.2. The van der Waals surface area contributed by atoms with Gasteiger partial charge in [0.05, 0.1) is 17.1 Å². The van der Waals surface area contributed by atoms with Gasteiger partial charge >= 0.3 is 0 Å². The van der Waals surface area contributed by atoms with Gasteiger partial charge in [-0.15, -0.1) is 11.3 Å². The molecule has 0 fully saturated rings. The summed E-state index contributed by atoms with van der Waals surface area (Å²) in [6.45, 7) is 0. The largest absolute Gasteiger partial charge is 0.434 e. The molecule has 0 radical (unpaired) electrons. The Morgan fingerprint density at radius 3 is 2.69 bits per heavy atom. The second-order valence-electron chi connectivity index (χ2n) is 5.36. The minimum absolute atomic E-state index is 0.0532. The number of rotatable bonds is 3. The molecular formula is C19H9F2N3OS. The van der Waals surface area contributed by atoms with Crippen molar-refractivity contribution < 1.29 is 13.5 Å². The molecule has 126 valence electrons. The molecule has 4 nitrogen and oxygen atoms in total. The van der Waals surface area contributed by atoms with Gasteiger partial charge in [-0.3, -0.25) is 0 Å². The molecular weight excluding hydrogens is 356 g/mol. The number of thiophene rings is 1. The molecule has 0 spiro atoms. The summed E-state index contributed by atoms with van der Waals surface area (Å²) in [5.74, 6) is -0.674. The third-order valence-electron chi connectivity index (χ3n) is 3.62. The first-order chi connectivity index (χ1) is 12.6. The van der Waals surface area contributed by atoms with Crippen LogP contribution in [0.3, 0.4) is 0 Å². The summed E-state index contributed by atoms with van der Waals surface area (Å²) < 4.78 is 34.0. The van der Waals surface area contributed by atoms with Gasteiger partial charge in [0.15, 0.2) is 17.4 Å². The van der Waals surface area contributed by atoms with Gasteiger partial charge in [-0.2, -0.15) is 10.2 Å². The molecule has 0 aliphatic carbocycles. The number of nitrogens with zero attached hydrogens (tertiary/aromatic N) is 3. The molecule has 0 aliphatic heterocycles. The molecule has 0 amide bonds. The van der Waals surface area contributed by atoms with E-state index in [4.69, 9.17) is 10.00 Å². The predicted octanol–water partition coefficient (Wildman–Crippen LogP) is 5.30. The van der Waals surface area contributed by atoms with Crippen molar-refractivity contribution in [3.05, 3.63) is 71.1 Å². The number of fused-ring (bicyclic) bond motifs is 1. The van der Waals surface area contributed by atoms with Crippen molar-refractivity contribution in [3.63, 3.8) is 0 Å². The Balaban J connectivity index is 1.82. The number of aromatic nitrogens is 2. The fourth-order valence-corrected chi connectivity index (χ4v) is 3.18. The molecule has 0 atom stereocenters. The molecule has 4 aromatic rings. The fourth-order valence-electron chi connectivity index (χ4n) is 2.42. The lowest BCUT2D eigenvalue weighted by Crippen LogP contribution is -1.96. The van der Waals surface area contributed by atoms with Crippen LogP contribution in [0.2, 0.25) is 0 Å². The maximum absolute atomic E-state index is 14.2. The van der Waals surface area contributed by atoms with Gasteiger partial charge in [0.1, 0.15) is 10.5 Å². The van der Waals surface area contributed by atoms with E-state index in [9.17, 15) is 8.78 Å². The van der Waals surface area contributed by atoms with E-state index in [1.54, 1.807) is 18.2 Å². The van der Waals surface area contributed by atoms with Crippen molar-refractivity contribution in [2.75, 3.05) is 0 Å². The van der Waals surface area contributed by atoms with Crippen molar-refractivity contribution in [2.45, 2.75) is 0 Å². The van der Waals surface area contributed by atoms with Gasteiger partial charge in [-0.05, 0) is 41.8 Å². The third kappa shape index (κ3) is 2.98. The van der Waals surface area contributed by atoms with E-state index in [1.165, 1.54) is 35.6 Å². The monoisotopic (exact) mass is 365 g/mol. The van der Waals surface area contributed by atoms with Crippen LogP contribution in [0.15, 0.2) is 53.9 Å². The zero-order valence-electron chi connectivity index (χ0n) is 13.1. The minimum Gasteiger partial charge on any atom is -0.434 e. The summed E-state index contributed by atoms with van der Waals surface area (Å²) in [7, 11) is 0. The summed E-state index contributed by atoms with van der Waals surface area (Å²) in [5, 5.41) is 10.7. The predicted molar refractivity (Wildman–Crippen MR) is 94.0 cm³/mol. The van der Waals surface area contributed by atoms with E-state index < -0.39 is 11.6 Å². The number of nitriles is 1. The zero-order chi connectivity index (χ0) is 18.1. The number of halogens is 2. The lowest BCUT2D eigenvalue weighted by atomic mass is 10.2. The maximum Gasteiger partial charge on any atom is 0.241 e. The molecule has 26 heavy (non-hydrogen) atoms. The zero-order valence-corrected chi connectivity index (χ0v) is 13.9. The summed E-state index contributed by atoms with van der Waals surface area (Å²) in [5.41, 5.74) is 1.30. The molecule has 7 heteroatoms. The Morgan fingerprint density at radius 2 is 1.92 bits per heavy atom. The second-order valence-corrected chi connectivity index (χ2v) is 6.27. The molecule has 2 heterocycles. The van der Waals surface area contributed by atoms with E-state index in [1.807, 2.05) is 11.4 Å². The Bertz CT molecular complexity index is 1170. The van der Waals surface area contributed by atoms with Crippen LogP contribution in [0.1, 0.15) is 5.56 Å². The summed E-state index contributed by atoms with van der Waals surface area (Å²) in [6, 6.07) is 13.5. The molecule has 2 aromatic heterocycles. The smallest absolute Gasteiger partial charge is 0.241 e. The van der Waals surface area contributed by atoms with Crippen LogP contribution in [0.5, 0.6) is 11.6 Å². The average Bonchev–Trinajstić information content (AvgIpc) is 3.12. The van der Waals surface area contributed by atoms with E-state index in [0.717, 1.165) is 6.07 Å². The second kappa shape index (κ2) is 6.50. The quantitative estimate of drug-likeness (QED) is 0.494. The number of ether oxygens (including phenoxy) is 1. The summed E-state index contributed by atoms with van der Waals surface area (Å²) in [6.07, 6.45) is 0. The van der Waals surface area contributed by atoms with Gasteiger partial charge in [-0.1, -0.05) is 12.1 Å². The van der Waals surface area contributed by atoms with Crippen molar-refractivity contribution in [1.82, 2.24) is 9.97 Å². The van der Waals surface area contributed by atoms with Gasteiger partial charge in [0.2, 0.25) is 5.88 Å². The van der Waals surface area contributed by atoms with E-state index in [0.29, 0.717) is 15.8 Å². The number of benzene rings is 2. The topological polar surface area (TPSA) is 58.8 Å². The highest BCUT2D eigenvalue weighted by Gasteiger charge is 2.15. The molecule has 0 N–H and O–H groups in total. The first kappa shape index (κ1) is 16.1. The normalized spacial score (nSPS) is 10.7. The standard InChI is InChI=1S/C19H9F2N3OS/c20-13-3-1-2-12(9-13)18-23-15-6-7-26-17(15)19(24-18)25-16-5-4-11(10-22)8-14(16)21/h1-9H. The lowest BCUT2D eigenvalue weighted by Gasteiger charge is -2.09. The van der Waals surface area contributed by atoms with Crippen LogP contribution >= 0.6 is 11.3 Å². The van der Waals surface area contributed by atoms with Crippen molar-refractivity contribution in [1.29, 1.82) is 5.26 Å². The lowest BCUT2D eigenvalue weighted by molar-refractivity contribution is 0.432. The Kier molecular flexibility index (Phi) is 4.03. The van der Waals surface area contributed by atoms with Crippen molar-refractivity contribution >= 4 is 21.6 Å². The van der Waals surface area contributed by atoms with Crippen LogP contribution in [-0.2, 0) is 0 Å². The molecule has 0 bridgehead atoms. The van der Waals surface area contributed by atoms with E-state index in [-0.39, 0.29) is 23.0 Å². The van der Waals surface area contributed by atoms with Crippen molar-refractivity contribution in [3.8, 4) is 29.1 Å². The minimum atomic E-state index is -0.667. The highest BCUT2D eigenvalue weighted by Crippen LogP contribution is 2.34. The Hall–Kier alpha value is -3.37. The van der Waals surface area contributed by atoms with Crippen molar-refractivity contribution in [2.24, 2.45) is 0 Å². The molecule has 0 aliphatic rings. The number of hydrogen-bond donors (Lipinski definition) is 0. The van der Waals surface area contributed by atoms with E-state index >= 15 is 0 Å². The molecule has 0 saturated carbocycles. The van der Waals surface area contributed by atoms with Crippen LogP contribution in [0.25, 0.3) is 21.6 Å².